The number of aromatic amines is 1. The van der Waals surface area contributed by atoms with Gasteiger partial charge < -0.3 is 15.1 Å². The number of amides is 1. The minimum absolute atomic E-state index is 0.134. The molecule has 1 atom stereocenters. The molecule has 1 aliphatic carbocycles. The van der Waals surface area contributed by atoms with Crippen molar-refractivity contribution in [3.8, 4) is 0 Å². The zero-order chi connectivity index (χ0) is 21.4. The molecule has 2 aromatic heterocycles. The maximum absolute atomic E-state index is 13.2. The number of hydrogen-bond donors (Lipinski definition) is 2. The SMILES string of the molecule is CC(C)c1cc(Nc2nc(N3CCCC3C(=O)N3CCCC3)nc3c2CCCC3)n[nH]1. The summed E-state index contributed by atoms with van der Waals surface area (Å²) in [5.74, 6) is 2.96. The van der Waals surface area contributed by atoms with Gasteiger partial charge in [0, 0.05) is 37.0 Å². The molecule has 3 aliphatic rings. The van der Waals surface area contributed by atoms with E-state index < -0.39 is 0 Å². The minimum Gasteiger partial charge on any atom is -0.341 e. The molecule has 0 radical (unpaired) electrons. The van der Waals surface area contributed by atoms with Crippen molar-refractivity contribution in [3.05, 3.63) is 23.0 Å². The van der Waals surface area contributed by atoms with Gasteiger partial charge in [-0.2, -0.15) is 10.1 Å². The molecule has 2 aromatic rings. The molecule has 1 amide bonds. The molecule has 0 spiro atoms. The van der Waals surface area contributed by atoms with Crippen molar-refractivity contribution in [2.45, 2.75) is 77.2 Å². The molecule has 2 N–H and O–H groups in total. The Balaban J connectivity index is 1.45. The molecule has 2 saturated heterocycles. The molecular formula is C23H33N7O. The normalized spacial score (nSPS) is 21.1. The number of carbonyl (C=O) groups is 1. The minimum atomic E-state index is -0.134. The molecule has 8 heteroatoms. The fourth-order valence-corrected chi connectivity index (χ4v) is 5.04. The van der Waals surface area contributed by atoms with Crippen LogP contribution in [0.4, 0.5) is 17.6 Å². The van der Waals surface area contributed by atoms with Crippen LogP contribution in [0.3, 0.4) is 0 Å². The van der Waals surface area contributed by atoms with Crippen molar-refractivity contribution in [2.24, 2.45) is 0 Å². The zero-order valence-corrected chi connectivity index (χ0v) is 18.7. The zero-order valence-electron chi connectivity index (χ0n) is 18.7. The number of fused-ring (bicyclic) bond motifs is 1. The highest BCUT2D eigenvalue weighted by atomic mass is 16.2. The number of hydrogen-bond acceptors (Lipinski definition) is 6. The molecule has 31 heavy (non-hydrogen) atoms. The lowest BCUT2D eigenvalue weighted by molar-refractivity contribution is -0.131. The van der Waals surface area contributed by atoms with Gasteiger partial charge in [-0.15, -0.1) is 0 Å². The molecule has 0 bridgehead atoms. The van der Waals surface area contributed by atoms with E-state index in [9.17, 15) is 4.79 Å². The Labute approximate surface area is 183 Å². The van der Waals surface area contributed by atoms with Crippen molar-refractivity contribution < 1.29 is 4.79 Å². The van der Waals surface area contributed by atoms with Crippen molar-refractivity contribution in [1.29, 1.82) is 0 Å². The highest BCUT2D eigenvalue weighted by Gasteiger charge is 2.36. The smallest absolute Gasteiger partial charge is 0.245 e. The van der Waals surface area contributed by atoms with Gasteiger partial charge in [0.15, 0.2) is 5.82 Å². The van der Waals surface area contributed by atoms with Crippen LogP contribution in [0.5, 0.6) is 0 Å². The van der Waals surface area contributed by atoms with Crippen molar-refractivity contribution >= 4 is 23.5 Å². The number of likely N-dealkylation sites (tertiary alicyclic amines) is 1. The number of rotatable bonds is 5. The van der Waals surface area contributed by atoms with E-state index in [-0.39, 0.29) is 11.9 Å². The van der Waals surface area contributed by atoms with E-state index in [1.54, 1.807) is 0 Å². The van der Waals surface area contributed by atoms with Gasteiger partial charge in [-0.05, 0) is 57.3 Å². The second-order valence-corrected chi connectivity index (χ2v) is 9.38. The number of H-pyrrole nitrogens is 1. The van der Waals surface area contributed by atoms with Gasteiger partial charge in [0.25, 0.3) is 0 Å². The van der Waals surface area contributed by atoms with Crippen LogP contribution in [0.25, 0.3) is 0 Å². The number of carbonyl (C=O) groups excluding carboxylic acids is 1. The summed E-state index contributed by atoms with van der Waals surface area (Å²) in [6.07, 6.45) is 8.38. The fourth-order valence-electron chi connectivity index (χ4n) is 5.04. The van der Waals surface area contributed by atoms with Gasteiger partial charge in [-0.25, -0.2) is 4.98 Å². The summed E-state index contributed by atoms with van der Waals surface area (Å²) in [6.45, 7) is 6.90. The van der Waals surface area contributed by atoms with E-state index in [2.05, 4.69) is 40.3 Å². The predicted octanol–water partition coefficient (Wildman–Crippen LogP) is 3.54. The maximum Gasteiger partial charge on any atom is 0.245 e. The van der Waals surface area contributed by atoms with E-state index in [0.717, 1.165) is 94.0 Å². The second kappa shape index (κ2) is 8.48. The summed E-state index contributed by atoms with van der Waals surface area (Å²) in [5.41, 5.74) is 3.42. The summed E-state index contributed by atoms with van der Waals surface area (Å²) in [7, 11) is 0. The summed E-state index contributed by atoms with van der Waals surface area (Å²) in [6, 6.07) is 1.92. The first-order valence-corrected chi connectivity index (χ1v) is 11.9. The van der Waals surface area contributed by atoms with Crippen LogP contribution in [0, 0.1) is 0 Å². The number of aryl methyl sites for hydroxylation is 1. The quantitative estimate of drug-likeness (QED) is 0.765. The maximum atomic E-state index is 13.2. The number of nitrogens with zero attached hydrogens (tertiary/aromatic N) is 5. The molecular weight excluding hydrogens is 390 g/mol. The molecule has 4 heterocycles. The average molecular weight is 424 g/mol. The fraction of sp³-hybridized carbons (Fsp3) is 0.652. The standard InChI is InChI=1S/C23H33N7O/c1-15(2)18-14-20(28-27-18)25-21-16-8-3-4-9-17(16)24-23(26-21)30-13-7-10-19(30)22(31)29-11-5-6-12-29/h14-15,19H,3-13H2,1-2H3,(H2,24,25,26,27,28). The molecule has 166 valence electrons. The lowest BCUT2D eigenvalue weighted by Crippen LogP contribution is -2.45. The molecule has 2 fully saturated rings. The molecule has 8 nitrogen and oxygen atoms in total. The van der Waals surface area contributed by atoms with Crippen molar-refractivity contribution in [2.75, 3.05) is 29.9 Å². The Kier molecular flexibility index (Phi) is 5.54. The third-order valence-corrected chi connectivity index (χ3v) is 6.85. The van der Waals surface area contributed by atoms with E-state index in [4.69, 9.17) is 9.97 Å². The lowest BCUT2D eigenvalue weighted by Gasteiger charge is -2.29. The van der Waals surface area contributed by atoms with Crippen molar-refractivity contribution in [1.82, 2.24) is 25.1 Å². The van der Waals surface area contributed by atoms with Crippen LogP contribution in [0.15, 0.2) is 6.07 Å². The third-order valence-electron chi connectivity index (χ3n) is 6.85. The first kappa shape index (κ1) is 20.3. The number of anilines is 3. The second-order valence-electron chi connectivity index (χ2n) is 9.38. The van der Waals surface area contributed by atoms with Crippen LogP contribution in [-0.4, -0.2) is 56.6 Å². The van der Waals surface area contributed by atoms with E-state index in [1.165, 1.54) is 5.56 Å². The molecule has 1 unspecified atom stereocenters. The topological polar surface area (TPSA) is 90.0 Å². The Morgan fingerprint density at radius 3 is 2.68 bits per heavy atom. The van der Waals surface area contributed by atoms with Gasteiger partial charge in [-0.1, -0.05) is 13.8 Å². The van der Waals surface area contributed by atoms with E-state index in [1.807, 2.05) is 4.90 Å². The van der Waals surface area contributed by atoms with Crippen LogP contribution in [-0.2, 0) is 17.6 Å². The Morgan fingerprint density at radius 2 is 1.90 bits per heavy atom. The number of aromatic nitrogens is 4. The van der Waals surface area contributed by atoms with Crippen LogP contribution >= 0.6 is 0 Å². The summed E-state index contributed by atoms with van der Waals surface area (Å²) in [5, 5.41) is 11.0. The van der Waals surface area contributed by atoms with Gasteiger partial charge >= 0.3 is 0 Å². The van der Waals surface area contributed by atoms with Gasteiger partial charge in [0.05, 0.1) is 5.69 Å². The van der Waals surface area contributed by atoms with Crippen LogP contribution < -0.4 is 10.2 Å². The Bertz CT molecular complexity index is 947. The Hall–Kier alpha value is -2.64. The third kappa shape index (κ3) is 4.00. The molecule has 2 aliphatic heterocycles. The van der Waals surface area contributed by atoms with E-state index >= 15 is 0 Å². The van der Waals surface area contributed by atoms with Crippen molar-refractivity contribution in [3.63, 3.8) is 0 Å². The molecule has 5 rings (SSSR count). The first-order chi connectivity index (χ1) is 15.1. The van der Waals surface area contributed by atoms with Crippen LogP contribution in [0.1, 0.15) is 75.2 Å². The van der Waals surface area contributed by atoms with Gasteiger partial charge in [-0.3, -0.25) is 9.89 Å². The molecule has 0 aromatic carbocycles. The summed E-state index contributed by atoms with van der Waals surface area (Å²) in [4.78, 5) is 27.3. The summed E-state index contributed by atoms with van der Waals surface area (Å²) >= 11 is 0. The van der Waals surface area contributed by atoms with Gasteiger partial charge in [0.1, 0.15) is 11.9 Å². The number of nitrogens with one attached hydrogen (secondary N) is 2. The average Bonchev–Trinajstić information content (AvgIpc) is 3.54. The van der Waals surface area contributed by atoms with Gasteiger partial charge in [0.2, 0.25) is 11.9 Å². The summed E-state index contributed by atoms with van der Waals surface area (Å²) < 4.78 is 0. The monoisotopic (exact) mass is 423 g/mol. The first-order valence-electron chi connectivity index (χ1n) is 11.9. The highest BCUT2D eigenvalue weighted by molar-refractivity contribution is 5.85. The largest absolute Gasteiger partial charge is 0.341 e. The van der Waals surface area contributed by atoms with E-state index in [0.29, 0.717) is 11.9 Å². The Morgan fingerprint density at radius 1 is 1.10 bits per heavy atom. The lowest BCUT2D eigenvalue weighted by atomic mass is 9.96. The molecule has 0 saturated carbocycles. The van der Waals surface area contributed by atoms with Crippen LogP contribution in [0.2, 0.25) is 0 Å². The highest BCUT2D eigenvalue weighted by Crippen LogP contribution is 2.32. The predicted molar refractivity (Wildman–Crippen MR) is 121 cm³/mol.